The lowest BCUT2D eigenvalue weighted by molar-refractivity contribution is -0.300. The van der Waals surface area contributed by atoms with E-state index in [-0.39, 0.29) is 36.6 Å². The lowest BCUT2D eigenvalue weighted by Gasteiger charge is -2.48. The summed E-state index contributed by atoms with van der Waals surface area (Å²) < 4.78 is 44.4. The first-order valence-electron chi connectivity index (χ1n) is 19.2. The molecule has 0 saturated carbocycles. The largest absolute Gasteiger partial charge is 0.462 e. The van der Waals surface area contributed by atoms with Crippen molar-refractivity contribution in [2.45, 2.75) is 153 Å². The summed E-state index contributed by atoms with van der Waals surface area (Å²) in [6.45, 7) is 14.2. The summed E-state index contributed by atoms with van der Waals surface area (Å²) in [6.07, 6.45) is 10.2. The molecule has 0 aromatic carbocycles. The van der Waals surface area contributed by atoms with Crippen LogP contribution in [0.3, 0.4) is 0 Å². The summed E-state index contributed by atoms with van der Waals surface area (Å²) in [7, 11) is 1.58. The van der Waals surface area contributed by atoms with Crippen LogP contribution in [0.4, 0.5) is 0 Å². The highest BCUT2D eigenvalue weighted by molar-refractivity contribution is 5.78. The Morgan fingerprint density at radius 2 is 1.81 bits per heavy atom. The zero-order valence-electron chi connectivity index (χ0n) is 32.0. The molecule has 4 unspecified atom stereocenters. The number of methoxy groups -OCH3 is 1. The molecule has 3 N–H and O–H groups in total. The second kappa shape index (κ2) is 15.9. The molecule has 0 aromatic rings. The Morgan fingerprint density at radius 1 is 1.04 bits per heavy atom. The van der Waals surface area contributed by atoms with Crippen molar-refractivity contribution in [3.05, 3.63) is 59.3 Å². The van der Waals surface area contributed by atoms with Crippen LogP contribution in [0.1, 0.15) is 80.6 Å². The third-order valence-electron chi connectivity index (χ3n) is 12.3. The van der Waals surface area contributed by atoms with Gasteiger partial charge in [0, 0.05) is 38.2 Å². The molecular formula is C41H60O11. The molecule has 16 atom stereocenters. The van der Waals surface area contributed by atoms with Crippen molar-refractivity contribution in [3.63, 3.8) is 0 Å². The first-order chi connectivity index (χ1) is 24.7. The number of esters is 1. The van der Waals surface area contributed by atoms with Gasteiger partial charge in [0.2, 0.25) is 0 Å². The second-order valence-electron chi connectivity index (χ2n) is 16.1. The Balaban J connectivity index is 1.38. The molecule has 6 rings (SSSR count). The molecule has 3 fully saturated rings. The molecule has 3 saturated heterocycles. The van der Waals surface area contributed by atoms with E-state index in [4.69, 9.17) is 33.2 Å². The average molecular weight is 729 g/mol. The highest BCUT2D eigenvalue weighted by atomic mass is 16.7. The number of hydrogen-bond donors (Lipinski definition) is 3. The number of aliphatic hydroxyl groups is 3. The fourth-order valence-corrected chi connectivity index (χ4v) is 8.87. The van der Waals surface area contributed by atoms with E-state index in [2.05, 4.69) is 32.9 Å². The van der Waals surface area contributed by atoms with E-state index in [0.717, 1.165) is 12.0 Å². The van der Waals surface area contributed by atoms with Crippen LogP contribution >= 0.6 is 0 Å². The van der Waals surface area contributed by atoms with Gasteiger partial charge in [-0.3, -0.25) is 4.79 Å². The Labute approximate surface area is 308 Å². The summed E-state index contributed by atoms with van der Waals surface area (Å²) in [5.41, 5.74) is 0.184. The fraction of sp³-hybridized carbons (Fsp3) is 0.732. The first kappa shape index (κ1) is 39.5. The van der Waals surface area contributed by atoms with Crippen molar-refractivity contribution in [3.8, 4) is 0 Å². The number of carbonyl (C=O) groups is 1. The summed E-state index contributed by atoms with van der Waals surface area (Å²) in [5, 5.41) is 34.1. The predicted molar refractivity (Wildman–Crippen MR) is 193 cm³/mol. The van der Waals surface area contributed by atoms with Crippen LogP contribution in [-0.2, 0) is 38.0 Å². The van der Waals surface area contributed by atoms with Crippen molar-refractivity contribution < 1.29 is 53.3 Å². The van der Waals surface area contributed by atoms with E-state index in [1.807, 2.05) is 39.0 Å². The average Bonchev–Trinajstić information content (AvgIpc) is 3.45. The molecule has 2 bridgehead atoms. The van der Waals surface area contributed by atoms with Gasteiger partial charge < -0.3 is 48.5 Å². The zero-order chi connectivity index (χ0) is 37.5. The SMILES string of the molecule is CCC(C)C1O[C@]2(C=C[C@@H]1C)C[C@@H]1C[C@@H](C/C=C(\C)C(O[C@H]3C[C@H](OC)[C@@H](O)[C@@H](C)O3)[C@@H](C)/C=C/C=C3\COC4[C@H](O)C(C)=C[C@@H](C(=O)O1)[C@]34O)O2. The Bertz CT molecular complexity index is 1450. The minimum Gasteiger partial charge on any atom is -0.462 e. The monoisotopic (exact) mass is 728 g/mol. The van der Waals surface area contributed by atoms with Gasteiger partial charge in [0.05, 0.1) is 37.1 Å². The van der Waals surface area contributed by atoms with Crippen molar-refractivity contribution in [2.75, 3.05) is 13.7 Å². The lowest BCUT2D eigenvalue weighted by atomic mass is 9.71. The molecule has 1 spiro atoms. The van der Waals surface area contributed by atoms with Gasteiger partial charge in [-0.25, -0.2) is 0 Å². The normalized spacial score (nSPS) is 48.8. The van der Waals surface area contributed by atoms with Crippen LogP contribution in [0.2, 0.25) is 0 Å². The summed E-state index contributed by atoms with van der Waals surface area (Å²) >= 11 is 0. The van der Waals surface area contributed by atoms with Gasteiger partial charge in [-0.05, 0) is 55.9 Å². The number of rotatable bonds is 5. The molecule has 11 heteroatoms. The number of ether oxygens (including phenoxy) is 7. The minimum atomic E-state index is -1.81. The van der Waals surface area contributed by atoms with Gasteiger partial charge in [-0.2, -0.15) is 0 Å². The van der Waals surface area contributed by atoms with E-state index in [1.165, 1.54) is 0 Å². The van der Waals surface area contributed by atoms with E-state index in [0.29, 0.717) is 36.8 Å². The maximum atomic E-state index is 14.2. The van der Waals surface area contributed by atoms with E-state index in [9.17, 15) is 20.1 Å². The maximum absolute atomic E-state index is 14.2. The smallest absolute Gasteiger partial charge is 0.316 e. The first-order valence-corrected chi connectivity index (χ1v) is 19.2. The third kappa shape index (κ3) is 7.68. The van der Waals surface area contributed by atoms with Crippen molar-refractivity contribution in [1.82, 2.24) is 0 Å². The molecule has 5 aliphatic heterocycles. The van der Waals surface area contributed by atoms with E-state index < -0.39 is 72.3 Å². The van der Waals surface area contributed by atoms with Gasteiger partial charge >= 0.3 is 5.97 Å². The van der Waals surface area contributed by atoms with Gasteiger partial charge in [0.15, 0.2) is 12.1 Å². The van der Waals surface area contributed by atoms with Crippen LogP contribution in [0, 0.1) is 23.7 Å². The van der Waals surface area contributed by atoms with E-state index >= 15 is 0 Å². The Morgan fingerprint density at radius 3 is 2.54 bits per heavy atom. The Kier molecular flexibility index (Phi) is 12.1. The standard InChI is InChI=1S/C41H60O11/c1-9-22(2)37-25(5)15-16-40(52-37)20-30-18-29(51-40)14-13-24(4)36(50-33-19-32(46-8)35(43)27(7)48-33)23(3)11-10-12-28-21-47-38-34(42)26(6)17-31(39(44)49-30)41(28,38)45/h10-13,15-17,22-23,25,27,29-38,42-43,45H,9,14,18-21H2,1-8H3/b11-10+,24-13+,28-12+/t22?,23-,25-,27+,29+,30-,31-,32-,33-,34+,35-,36?,37?,38?,40+,41+/m0/s1. The molecule has 290 valence electrons. The second-order valence-corrected chi connectivity index (χ2v) is 16.1. The molecule has 5 heterocycles. The van der Waals surface area contributed by atoms with Crippen molar-refractivity contribution in [1.29, 1.82) is 0 Å². The molecule has 0 aromatic heterocycles. The number of aliphatic hydroxyl groups excluding tert-OH is 2. The highest BCUT2D eigenvalue weighted by Crippen LogP contribution is 2.47. The van der Waals surface area contributed by atoms with Crippen LogP contribution < -0.4 is 0 Å². The highest BCUT2D eigenvalue weighted by Gasteiger charge is 2.60. The zero-order valence-corrected chi connectivity index (χ0v) is 32.0. The molecule has 52 heavy (non-hydrogen) atoms. The molecule has 6 aliphatic rings. The lowest BCUT2D eigenvalue weighted by Crippen LogP contribution is -2.58. The predicted octanol–water partition coefficient (Wildman–Crippen LogP) is 4.84. The molecular weight excluding hydrogens is 668 g/mol. The summed E-state index contributed by atoms with van der Waals surface area (Å²) in [6, 6.07) is 0. The minimum absolute atomic E-state index is 0.0471. The van der Waals surface area contributed by atoms with Gasteiger partial charge in [-0.15, -0.1) is 0 Å². The summed E-state index contributed by atoms with van der Waals surface area (Å²) in [5.74, 6) is -2.44. The number of allylic oxidation sites excluding steroid dienone is 2. The topological polar surface area (TPSA) is 142 Å². The number of carbonyl (C=O) groups excluding carboxylic acids is 1. The van der Waals surface area contributed by atoms with Crippen LogP contribution in [0.25, 0.3) is 0 Å². The fourth-order valence-electron chi connectivity index (χ4n) is 8.87. The maximum Gasteiger partial charge on any atom is 0.316 e. The van der Waals surface area contributed by atoms with Crippen LogP contribution in [0.5, 0.6) is 0 Å². The van der Waals surface area contributed by atoms with Crippen molar-refractivity contribution >= 4 is 5.97 Å². The molecule has 11 nitrogen and oxygen atoms in total. The van der Waals surface area contributed by atoms with Gasteiger partial charge in [-0.1, -0.05) is 70.6 Å². The van der Waals surface area contributed by atoms with Crippen molar-refractivity contribution in [2.24, 2.45) is 23.7 Å². The quantitative estimate of drug-likeness (QED) is 0.265. The van der Waals surface area contributed by atoms with Crippen LogP contribution in [0.15, 0.2) is 59.3 Å². The third-order valence-corrected chi connectivity index (χ3v) is 12.3. The van der Waals surface area contributed by atoms with Crippen LogP contribution in [-0.4, -0.2) is 108 Å². The number of hydrogen-bond acceptors (Lipinski definition) is 11. The summed E-state index contributed by atoms with van der Waals surface area (Å²) in [4.78, 5) is 14.2. The van der Waals surface area contributed by atoms with Gasteiger partial charge in [0.25, 0.3) is 0 Å². The van der Waals surface area contributed by atoms with Gasteiger partial charge in [0.1, 0.15) is 35.9 Å². The molecule has 0 radical (unpaired) electrons. The molecule has 0 amide bonds. The van der Waals surface area contributed by atoms with E-state index in [1.54, 1.807) is 26.2 Å². The Hall–Kier alpha value is -2.19. The molecule has 1 aliphatic carbocycles. The number of fused-ring (bicyclic) bond motifs is 2.